The third-order valence-corrected chi connectivity index (χ3v) is 7.65. The van der Waals surface area contributed by atoms with E-state index in [2.05, 4.69) is 57.3 Å². The van der Waals surface area contributed by atoms with Crippen molar-refractivity contribution in [3.63, 3.8) is 0 Å². The molecule has 0 unspecified atom stereocenters. The molecule has 0 N–H and O–H groups in total. The number of benzene rings is 2. The van der Waals surface area contributed by atoms with Gasteiger partial charge in [0, 0.05) is 16.8 Å². The Morgan fingerprint density at radius 3 is 2.74 bits per heavy atom. The topological polar surface area (TPSA) is 52.2 Å². The van der Waals surface area contributed by atoms with Gasteiger partial charge >= 0.3 is 0 Å². The van der Waals surface area contributed by atoms with Crippen LogP contribution in [0.15, 0.2) is 80.5 Å². The van der Waals surface area contributed by atoms with Gasteiger partial charge in [0.2, 0.25) is 5.78 Å². The Bertz CT molecular complexity index is 1420. The number of fused-ring (bicyclic) bond motifs is 3. The van der Waals surface area contributed by atoms with E-state index < -0.39 is 0 Å². The molecule has 1 atom stereocenters. The van der Waals surface area contributed by atoms with Crippen LogP contribution in [0.3, 0.4) is 0 Å². The molecule has 0 bridgehead atoms. The van der Waals surface area contributed by atoms with E-state index in [1.807, 2.05) is 46.2 Å². The molecule has 5 aromatic rings. The molecule has 3 heterocycles. The summed E-state index contributed by atoms with van der Waals surface area (Å²) in [6.07, 6.45) is 0. The minimum Gasteiger partial charge on any atom is -0.275 e. The average Bonchev–Trinajstić information content (AvgIpc) is 3.43. The van der Waals surface area contributed by atoms with Crippen molar-refractivity contribution < 1.29 is 0 Å². The highest BCUT2D eigenvalue weighted by Gasteiger charge is 2.19. The van der Waals surface area contributed by atoms with E-state index in [-0.39, 0.29) is 11.5 Å². The van der Waals surface area contributed by atoms with Gasteiger partial charge in [-0.2, -0.15) is 0 Å². The summed E-state index contributed by atoms with van der Waals surface area (Å²) in [5.41, 5.74) is 3.26. The van der Waals surface area contributed by atoms with Crippen LogP contribution in [0, 0.1) is 0 Å². The lowest BCUT2D eigenvalue weighted by molar-refractivity contribution is 0.588. The average molecular weight is 511 g/mol. The molecule has 3 aromatic heterocycles. The standard InChI is InChI=1S/C23H19BrN4OS2/c1-15(17-7-3-2-4-8-17)13-27-21(29)20-19(10-11-30-20)28-22(27)25-26-23(28)31-14-16-6-5-9-18(24)12-16/h2-12,15H,13-14H2,1H3/t15-/m0/s1. The van der Waals surface area contributed by atoms with E-state index in [1.165, 1.54) is 22.5 Å². The van der Waals surface area contributed by atoms with Crippen molar-refractivity contribution in [1.29, 1.82) is 0 Å². The molecular formula is C23H19BrN4OS2. The highest BCUT2D eigenvalue weighted by atomic mass is 79.9. The predicted molar refractivity (Wildman–Crippen MR) is 131 cm³/mol. The molecule has 0 spiro atoms. The van der Waals surface area contributed by atoms with Crippen LogP contribution < -0.4 is 5.56 Å². The second kappa shape index (κ2) is 8.61. The number of hydrogen-bond donors (Lipinski definition) is 0. The van der Waals surface area contributed by atoms with E-state index in [0.717, 1.165) is 25.6 Å². The molecule has 0 aliphatic rings. The SMILES string of the molecule is C[C@@H](Cn1c(=O)c2sccc2n2c(SCc3cccc(Br)c3)nnc12)c1ccccc1. The molecule has 156 valence electrons. The Hall–Kier alpha value is -2.42. The van der Waals surface area contributed by atoms with Gasteiger partial charge in [-0.05, 0) is 40.6 Å². The van der Waals surface area contributed by atoms with E-state index in [1.54, 1.807) is 16.3 Å². The van der Waals surface area contributed by atoms with Gasteiger partial charge < -0.3 is 0 Å². The molecular weight excluding hydrogens is 492 g/mol. The normalized spacial score (nSPS) is 12.6. The summed E-state index contributed by atoms with van der Waals surface area (Å²) < 4.78 is 5.58. The Labute approximate surface area is 195 Å². The first-order chi connectivity index (χ1) is 15.1. The van der Waals surface area contributed by atoms with Gasteiger partial charge in [0.25, 0.3) is 5.56 Å². The predicted octanol–water partition coefficient (Wildman–Crippen LogP) is 5.96. The number of thioether (sulfide) groups is 1. The Kier molecular flexibility index (Phi) is 5.69. The Morgan fingerprint density at radius 2 is 1.94 bits per heavy atom. The third kappa shape index (κ3) is 3.95. The molecule has 5 nitrogen and oxygen atoms in total. The minimum absolute atomic E-state index is 0.00350. The van der Waals surface area contributed by atoms with Gasteiger partial charge in [0.15, 0.2) is 5.16 Å². The lowest BCUT2D eigenvalue weighted by Gasteiger charge is -2.15. The van der Waals surface area contributed by atoms with Crippen molar-refractivity contribution in [2.24, 2.45) is 0 Å². The molecule has 0 amide bonds. The van der Waals surface area contributed by atoms with Crippen LogP contribution >= 0.6 is 39.0 Å². The van der Waals surface area contributed by atoms with E-state index >= 15 is 0 Å². The van der Waals surface area contributed by atoms with Crippen LogP contribution in [0.1, 0.15) is 24.0 Å². The number of thiophene rings is 1. The Balaban J connectivity index is 1.56. The van der Waals surface area contributed by atoms with Crippen LogP contribution in [-0.4, -0.2) is 19.2 Å². The first kappa shape index (κ1) is 20.5. The van der Waals surface area contributed by atoms with Crippen LogP contribution in [0.25, 0.3) is 16.0 Å². The summed E-state index contributed by atoms with van der Waals surface area (Å²) in [4.78, 5) is 13.3. The first-order valence-electron chi connectivity index (χ1n) is 9.89. The molecule has 31 heavy (non-hydrogen) atoms. The monoisotopic (exact) mass is 510 g/mol. The lowest BCUT2D eigenvalue weighted by Crippen LogP contribution is -2.24. The van der Waals surface area contributed by atoms with Crippen molar-refractivity contribution in [2.75, 3.05) is 0 Å². The van der Waals surface area contributed by atoms with Gasteiger partial charge in [-0.1, -0.05) is 77.1 Å². The van der Waals surface area contributed by atoms with Gasteiger partial charge in [0.05, 0.1) is 5.52 Å². The van der Waals surface area contributed by atoms with Crippen LogP contribution in [0.2, 0.25) is 0 Å². The van der Waals surface area contributed by atoms with E-state index in [4.69, 9.17) is 0 Å². The van der Waals surface area contributed by atoms with Crippen LogP contribution in [0.5, 0.6) is 0 Å². The summed E-state index contributed by atoms with van der Waals surface area (Å²) in [5.74, 6) is 1.54. The van der Waals surface area contributed by atoms with Crippen molar-refractivity contribution in [1.82, 2.24) is 19.2 Å². The number of hydrogen-bond acceptors (Lipinski definition) is 5. The zero-order chi connectivity index (χ0) is 21.4. The maximum atomic E-state index is 13.3. The van der Waals surface area contributed by atoms with E-state index in [9.17, 15) is 4.79 Å². The quantitative estimate of drug-likeness (QED) is 0.264. The molecule has 0 aliphatic carbocycles. The maximum absolute atomic E-state index is 13.3. The summed E-state index contributed by atoms with van der Waals surface area (Å²) in [6, 6.07) is 20.5. The third-order valence-electron chi connectivity index (χ3n) is 5.26. The zero-order valence-electron chi connectivity index (χ0n) is 16.7. The maximum Gasteiger partial charge on any atom is 0.272 e. The summed E-state index contributed by atoms with van der Waals surface area (Å²) in [5, 5.41) is 11.6. The van der Waals surface area contributed by atoms with E-state index in [0.29, 0.717) is 12.3 Å². The summed E-state index contributed by atoms with van der Waals surface area (Å²) >= 11 is 6.62. The first-order valence-corrected chi connectivity index (χ1v) is 12.5. The van der Waals surface area contributed by atoms with Crippen molar-refractivity contribution >= 4 is 55.0 Å². The molecule has 0 aliphatic heterocycles. The van der Waals surface area contributed by atoms with Gasteiger partial charge in [0.1, 0.15) is 4.70 Å². The fourth-order valence-electron chi connectivity index (χ4n) is 3.69. The lowest BCUT2D eigenvalue weighted by atomic mass is 10.0. The van der Waals surface area contributed by atoms with Gasteiger partial charge in [-0.15, -0.1) is 21.5 Å². The van der Waals surface area contributed by atoms with Crippen molar-refractivity contribution in [3.8, 4) is 0 Å². The second-order valence-electron chi connectivity index (χ2n) is 7.40. The van der Waals surface area contributed by atoms with Crippen molar-refractivity contribution in [3.05, 3.63) is 92.0 Å². The molecule has 0 fully saturated rings. The number of rotatable bonds is 6. The largest absolute Gasteiger partial charge is 0.275 e. The second-order valence-corrected chi connectivity index (χ2v) is 10.2. The zero-order valence-corrected chi connectivity index (χ0v) is 20.0. The fourth-order valence-corrected chi connectivity index (χ4v) is 5.85. The minimum atomic E-state index is -0.00350. The van der Waals surface area contributed by atoms with Crippen LogP contribution in [-0.2, 0) is 12.3 Å². The smallest absolute Gasteiger partial charge is 0.272 e. The number of nitrogens with zero attached hydrogens (tertiary/aromatic N) is 4. The summed E-state index contributed by atoms with van der Waals surface area (Å²) in [6.45, 7) is 2.69. The molecule has 2 aromatic carbocycles. The fraction of sp³-hybridized carbons (Fsp3) is 0.174. The highest BCUT2D eigenvalue weighted by molar-refractivity contribution is 9.10. The molecule has 8 heteroatoms. The number of aromatic nitrogens is 4. The highest BCUT2D eigenvalue weighted by Crippen LogP contribution is 2.28. The summed E-state index contributed by atoms with van der Waals surface area (Å²) in [7, 11) is 0. The van der Waals surface area contributed by atoms with Gasteiger partial charge in [-0.3, -0.25) is 13.8 Å². The number of halogens is 1. The molecule has 0 saturated carbocycles. The Morgan fingerprint density at radius 1 is 1.10 bits per heavy atom. The van der Waals surface area contributed by atoms with Gasteiger partial charge in [-0.25, -0.2) is 0 Å². The van der Waals surface area contributed by atoms with Crippen molar-refractivity contribution in [2.45, 2.75) is 30.3 Å². The molecule has 5 rings (SSSR count). The molecule has 0 saturated heterocycles. The van der Waals surface area contributed by atoms with Crippen LogP contribution in [0.4, 0.5) is 0 Å². The molecule has 0 radical (unpaired) electrons.